The molecule has 1 aliphatic rings. The van der Waals surface area contributed by atoms with Crippen LogP contribution in [-0.4, -0.2) is 18.5 Å². The van der Waals surface area contributed by atoms with Gasteiger partial charge in [-0.1, -0.05) is 27.2 Å². The van der Waals surface area contributed by atoms with Gasteiger partial charge in [0.25, 0.3) is 0 Å². The minimum Gasteiger partial charge on any atom is -0.353 e. The Balaban J connectivity index is 0.00000361. The molecule has 0 heterocycles. The van der Waals surface area contributed by atoms with Crippen LogP contribution in [0.25, 0.3) is 0 Å². The molecule has 3 nitrogen and oxygen atoms in total. The fourth-order valence-electron chi connectivity index (χ4n) is 2.78. The Labute approximate surface area is 130 Å². The van der Waals surface area contributed by atoms with Gasteiger partial charge in [0, 0.05) is 12.6 Å². The fraction of sp³-hybridized carbons (Fsp3) is 0.938. The standard InChI is InChI=1S/C16H32N2O.ClH/c1-6-15(2,3)12-7-9-13(10-8-12)18-14(19)16(4,5)11-17;/h12-13H,6-11,17H2,1-5H3,(H,18,19);1H. The van der Waals surface area contributed by atoms with Crippen LogP contribution in [0.1, 0.15) is 66.7 Å². The molecule has 0 spiro atoms. The highest BCUT2D eigenvalue weighted by molar-refractivity contribution is 5.85. The van der Waals surface area contributed by atoms with E-state index in [9.17, 15) is 4.79 Å². The molecule has 0 radical (unpaired) electrons. The Morgan fingerprint density at radius 2 is 1.65 bits per heavy atom. The third-order valence-electron chi connectivity index (χ3n) is 5.20. The first-order valence-corrected chi connectivity index (χ1v) is 7.74. The van der Waals surface area contributed by atoms with Crippen molar-refractivity contribution >= 4 is 18.3 Å². The maximum absolute atomic E-state index is 12.1. The lowest BCUT2D eigenvalue weighted by Gasteiger charge is -2.39. The van der Waals surface area contributed by atoms with Gasteiger partial charge >= 0.3 is 0 Å². The highest BCUT2D eigenvalue weighted by Crippen LogP contribution is 2.40. The summed E-state index contributed by atoms with van der Waals surface area (Å²) in [5.74, 6) is 0.904. The smallest absolute Gasteiger partial charge is 0.227 e. The molecule has 120 valence electrons. The van der Waals surface area contributed by atoms with Crippen molar-refractivity contribution in [2.75, 3.05) is 6.54 Å². The molecule has 4 heteroatoms. The van der Waals surface area contributed by atoms with E-state index in [-0.39, 0.29) is 18.3 Å². The molecule has 20 heavy (non-hydrogen) atoms. The summed E-state index contributed by atoms with van der Waals surface area (Å²) in [5, 5.41) is 3.18. The molecule has 1 fully saturated rings. The van der Waals surface area contributed by atoms with E-state index in [1.54, 1.807) is 0 Å². The molecular weight excluding hydrogens is 272 g/mol. The number of carbonyl (C=O) groups is 1. The van der Waals surface area contributed by atoms with E-state index in [0.29, 0.717) is 18.0 Å². The molecule has 0 unspecified atom stereocenters. The molecular formula is C16H33ClN2O. The van der Waals surface area contributed by atoms with Crippen LogP contribution in [0, 0.1) is 16.7 Å². The van der Waals surface area contributed by atoms with E-state index in [4.69, 9.17) is 5.73 Å². The summed E-state index contributed by atoms with van der Waals surface area (Å²) in [7, 11) is 0. The topological polar surface area (TPSA) is 55.1 Å². The number of hydrogen-bond donors (Lipinski definition) is 2. The summed E-state index contributed by atoms with van der Waals surface area (Å²) in [5.41, 5.74) is 5.64. The van der Waals surface area contributed by atoms with Crippen molar-refractivity contribution in [1.82, 2.24) is 5.32 Å². The average Bonchev–Trinajstić information content (AvgIpc) is 2.39. The van der Waals surface area contributed by atoms with Crippen LogP contribution >= 0.6 is 12.4 Å². The second-order valence-corrected chi connectivity index (χ2v) is 7.45. The molecule has 1 saturated carbocycles. The van der Waals surface area contributed by atoms with Gasteiger partial charge < -0.3 is 11.1 Å². The Morgan fingerprint density at radius 3 is 2.05 bits per heavy atom. The van der Waals surface area contributed by atoms with E-state index in [1.807, 2.05) is 13.8 Å². The predicted molar refractivity (Wildman–Crippen MR) is 88.0 cm³/mol. The number of carbonyl (C=O) groups excluding carboxylic acids is 1. The summed E-state index contributed by atoms with van der Waals surface area (Å²) in [4.78, 5) is 12.1. The van der Waals surface area contributed by atoms with Crippen molar-refractivity contribution in [1.29, 1.82) is 0 Å². The molecule has 0 aromatic heterocycles. The Morgan fingerprint density at radius 1 is 1.15 bits per heavy atom. The quantitative estimate of drug-likeness (QED) is 0.816. The largest absolute Gasteiger partial charge is 0.353 e. The predicted octanol–water partition coefficient (Wildman–Crippen LogP) is 3.50. The number of halogens is 1. The summed E-state index contributed by atoms with van der Waals surface area (Å²) in [6, 6.07) is 0.349. The molecule has 0 aromatic carbocycles. The normalized spacial score (nSPS) is 23.9. The first-order valence-electron chi connectivity index (χ1n) is 7.74. The van der Waals surface area contributed by atoms with E-state index in [0.717, 1.165) is 18.8 Å². The first kappa shape index (κ1) is 19.7. The first-order chi connectivity index (χ1) is 8.73. The lowest BCUT2D eigenvalue weighted by Crippen LogP contribution is -2.47. The van der Waals surface area contributed by atoms with E-state index < -0.39 is 5.41 Å². The molecule has 0 bridgehead atoms. The minimum atomic E-state index is -0.445. The lowest BCUT2D eigenvalue weighted by atomic mass is 9.69. The van der Waals surface area contributed by atoms with Gasteiger partial charge in [0.05, 0.1) is 5.41 Å². The van der Waals surface area contributed by atoms with E-state index in [1.165, 1.54) is 19.3 Å². The van der Waals surface area contributed by atoms with Crippen LogP contribution in [-0.2, 0) is 4.79 Å². The number of hydrogen-bond acceptors (Lipinski definition) is 2. The number of nitrogens with two attached hydrogens (primary N) is 1. The van der Waals surface area contributed by atoms with Crippen molar-refractivity contribution in [2.24, 2.45) is 22.5 Å². The van der Waals surface area contributed by atoms with Gasteiger partial charge in [-0.15, -0.1) is 12.4 Å². The molecule has 1 amide bonds. The van der Waals surface area contributed by atoms with Crippen molar-refractivity contribution in [3.05, 3.63) is 0 Å². The van der Waals surface area contributed by atoms with Crippen LogP contribution < -0.4 is 11.1 Å². The van der Waals surface area contributed by atoms with Crippen LogP contribution in [0.4, 0.5) is 0 Å². The molecule has 0 saturated heterocycles. The van der Waals surface area contributed by atoms with Crippen LogP contribution in [0.15, 0.2) is 0 Å². The highest BCUT2D eigenvalue weighted by Gasteiger charge is 2.34. The van der Waals surface area contributed by atoms with Crippen LogP contribution in [0.5, 0.6) is 0 Å². The monoisotopic (exact) mass is 304 g/mol. The van der Waals surface area contributed by atoms with Crippen LogP contribution in [0.3, 0.4) is 0 Å². The van der Waals surface area contributed by atoms with Gasteiger partial charge in [-0.2, -0.15) is 0 Å². The van der Waals surface area contributed by atoms with Gasteiger partial charge in [-0.25, -0.2) is 0 Å². The van der Waals surface area contributed by atoms with Crippen molar-refractivity contribution < 1.29 is 4.79 Å². The SMILES string of the molecule is CCC(C)(C)C1CCC(NC(=O)C(C)(C)CN)CC1.Cl. The second-order valence-electron chi connectivity index (χ2n) is 7.45. The van der Waals surface area contributed by atoms with Gasteiger partial charge in [0.1, 0.15) is 0 Å². The maximum atomic E-state index is 12.1. The minimum absolute atomic E-state index is 0. The number of amides is 1. The summed E-state index contributed by atoms with van der Waals surface area (Å²) < 4.78 is 0. The third kappa shape index (κ3) is 4.92. The third-order valence-corrected chi connectivity index (χ3v) is 5.20. The zero-order valence-electron chi connectivity index (χ0n) is 13.8. The van der Waals surface area contributed by atoms with E-state index in [2.05, 4.69) is 26.1 Å². The zero-order chi connectivity index (χ0) is 14.7. The summed E-state index contributed by atoms with van der Waals surface area (Å²) >= 11 is 0. The Bertz CT molecular complexity index is 308. The summed E-state index contributed by atoms with van der Waals surface area (Å²) in [6.07, 6.45) is 5.92. The Hall–Kier alpha value is -0.280. The molecule has 3 N–H and O–H groups in total. The molecule has 1 aliphatic carbocycles. The van der Waals surface area contributed by atoms with Crippen LogP contribution in [0.2, 0.25) is 0 Å². The maximum Gasteiger partial charge on any atom is 0.227 e. The molecule has 1 rings (SSSR count). The molecule has 0 atom stereocenters. The van der Waals surface area contributed by atoms with Gasteiger partial charge in [0.15, 0.2) is 0 Å². The molecule has 0 aliphatic heterocycles. The average molecular weight is 305 g/mol. The fourth-order valence-corrected chi connectivity index (χ4v) is 2.78. The molecule has 0 aromatic rings. The number of rotatable bonds is 5. The lowest BCUT2D eigenvalue weighted by molar-refractivity contribution is -0.130. The summed E-state index contributed by atoms with van der Waals surface area (Å²) in [6.45, 7) is 11.2. The van der Waals surface area contributed by atoms with E-state index >= 15 is 0 Å². The van der Waals surface area contributed by atoms with Crippen molar-refractivity contribution in [3.8, 4) is 0 Å². The highest BCUT2D eigenvalue weighted by atomic mass is 35.5. The number of nitrogens with one attached hydrogen (secondary N) is 1. The van der Waals surface area contributed by atoms with Gasteiger partial charge in [-0.05, 0) is 50.9 Å². The van der Waals surface area contributed by atoms with Crippen molar-refractivity contribution in [3.63, 3.8) is 0 Å². The Kier molecular flexibility index (Phi) is 7.54. The van der Waals surface area contributed by atoms with Crippen molar-refractivity contribution in [2.45, 2.75) is 72.8 Å². The van der Waals surface area contributed by atoms with Gasteiger partial charge in [-0.3, -0.25) is 4.79 Å². The second kappa shape index (κ2) is 7.65. The zero-order valence-corrected chi connectivity index (χ0v) is 14.6. The van der Waals surface area contributed by atoms with Gasteiger partial charge in [0.2, 0.25) is 5.91 Å².